The highest BCUT2D eigenvalue weighted by atomic mass is 19.4. The van der Waals surface area contributed by atoms with E-state index in [1.807, 2.05) is 20.8 Å². The second kappa shape index (κ2) is 10.8. The number of phenols is 1. The molecular weight excluding hydrogens is 571 g/mol. The number of likely N-dealkylation sites (N-methyl/N-ethyl adjacent to an activating group) is 1. The zero-order valence-corrected chi connectivity index (χ0v) is 25.0. The maximum Gasteiger partial charge on any atom is 0.417 e. The number of aromatic hydroxyl groups is 1. The molecule has 2 fully saturated rings. The second-order valence-electron chi connectivity index (χ2n) is 13.4. The standard InChI is InChI=1S/C30H38F3N3O7/c1-7-36(12-28(2,3)4)11-14-10-17(37)19-15(21(14)30(31,32)33)8-13-9-16-22(35(5)6)24(39)20(27(34)42)26(41)29(16,43)25(40)18(13)23(19)38/h10,13,16,18,20,22,37,43H,7-9,11-12H2,1-6H3,(H2,34,42)/t13-,16-,18?,20?,22-,29-/m0/s1. The van der Waals surface area contributed by atoms with Crippen LogP contribution in [-0.4, -0.2) is 87.9 Å². The summed E-state index contributed by atoms with van der Waals surface area (Å²) in [5, 5.41) is 22.6. The summed E-state index contributed by atoms with van der Waals surface area (Å²) >= 11 is 0. The molecule has 0 radical (unpaired) electrons. The monoisotopic (exact) mass is 609 g/mol. The first-order chi connectivity index (χ1) is 19.7. The van der Waals surface area contributed by atoms with Gasteiger partial charge >= 0.3 is 6.18 Å². The number of Topliss-reactive ketones (excluding diaryl/α,β-unsaturated/α-hetero) is 4. The van der Waals surface area contributed by atoms with Gasteiger partial charge in [0, 0.05) is 19.0 Å². The molecule has 0 bridgehead atoms. The lowest BCUT2D eigenvalue weighted by atomic mass is 9.52. The number of nitrogens with zero attached hydrogens (tertiary/aromatic N) is 2. The van der Waals surface area contributed by atoms with Crippen LogP contribution in [0.4, 0.5) is 13.2 Å². The molecule has 4 N–H and O–H groups in total. The number of rotatable bonds is 6. The normalized spacial score (nSPS) is 29.5. The van der Waals surface area contributed by atoms with Gasteiger partial charge in [0.15, 0.2) is 34.7 Å². The Kier molecular flexibility index (Phi) is 8.21. The molecule has 4 rings (SSSR count). The first-order valence-electron chi connectivity index (χ1n) is 14.2. The minimum Gasteiger partial charge on any atom is -0.507 e. The minimum absolute atomic E-state index is 0.159. The second-order valence-corrected chi connectivity index (χ2v) is 13.4. The zero-order chi connectivity index (χ0) is 32.6. The van der Waals surface area contributed by atoms with Crippen LogP contribution in [-0.2, 0) is 38.3 Å². The number of halogens is 3. The van der Waals surface area contributed by atoms with Crippen LogP contribution in [0.15, 0.2) is 6.07 Å². The largest absolute Gasteiger partial charge is 0.507 e. The van der Waals surface area contributed by atoms with Gasteiger partial charge in [-0.15, -0.1) is 0 Å². The zero-order valence-electron chi connectivity index (χ0n) is 25.0. The van der Waals surface area contributed by atoms with Crippen molar-refractivity contribution in [2.45, 2.75) is 64.9 Å². The molecule has 0 heterocycles. The van der Waals surface area contributed by atoms with E-state index in [1.54, 1.807) is 11.8 Å². The van der Waals surface area contributed by atoms with E-state index < -0.39 is 99.4 Å². The van der Waals surface area contributed by atoms with Gasteiger partial charge in [-0.1, -0.05) is 27.7 Å². The summed E-state index contributed by atoms with van der Waals surface area (Å²) < 4.78 is 44.2. The van der Waals surface area contributed by atoms with E-state index in [1.165, 1.54) is 19.0 Å². The Morgan fingerprint density at radius 1 is 1.12 bits per heavy atom. The van der Waals surface area contributed by atoms with Gasteiger partial charge in [0.1, 0.15) is 5.75 Å². The van der Waals surface area contributed by atoms with E-state index in [2.05, 4.69) is 0 Å². The average Bonchev–Trinajstić information content (AvgIpc) is 2.83. The van der Waals surface area contributed by atoms with Crippen LogP contribution in [0.5, 0.6) is 5.75 Å². The highest BCUT2D eigenvalue weighted by molar-refractivity contribution is 6.32. The molecule has 1 aromatic carbocycles. The number of hydrogen-bond donors (Lipinski definition) is 3. The number of primary amides is 1. The van der Waals surface area contributed by atoms with Crippen molar-refractivity contribution in [3.8, 4) is 5.75 Å². The molecule has 13 heteroatoms. The highest BCUT2D eigenvalue weighted by Crippen LogP contribution is 2.52. The van der Waals surface area contributed by atoms with Gasteiger partial charge < -0.3 is 15.9 Å². The van der Waals surface area contributed by atoms with Crippen molar-refractivity contribution in [3.63, 3.8) is 0 Å². The number of carbonyl (C=O) groups is 5. The average molecular weight is 610 g/mol. The fraction of sp³-hybridized carbons (Fsp3) is 0.633. The molecule has 6 atom stereocenters. The van der Waals surface area contributed by atoms with Crippen molar-refractivity contribution in [1.29, 1.82) is 0 Å². The van der Waals surface area contributed by atoms with Crippen LogP contribution in [0.25, 0.3) is 0 Å². The summed E-state index contributed by atoms with van der Waals surface area (Å²) in [5.74, 6) is -13.4. The van der Waals surface area contributed by atoms with Crippen LogP contribution in [0.2, 0.25) is 0 Å². The van der Waals surface area contributed by atoms with Gasteiger partial charge in [-0.25, -0.2) is 0 Å². The molecule has 3 aliphatic carbocycles. The van der Waals surface area contributed by atoms with Crippen LogP contribution in [0, 0.1) is 29.1 Å². The summed E-state index contributed by atoms with van der Waals surface area (Å²) in [4.78, 5) is 69.4. The summed E-state index contributed by atoms with van der Waals surface area (Å²) in [5.41, 5.74) is -0.317. The lowest BCUT2D eigenvalue weighted by Crippen LogP contribution is -2.74. The number of aliphatic hydroxyl groups is 1. The molecular formula is C30H38F3N3O7. The number of hydrogen-bond acceptors (Lipinski definition) is 9. The Labute approximate surface area is 247 Å². The lowest BCUT2D eigenvalue weighted by molar-refractivity contribution is -0.181. The predicted octanol–water partition coefficient (Wildman–Crippen LogP) is 1.75. The van der Waals surface area contributed by atoms with Crippen molar-refractivity contribution in [2.24, 2.45) is 34.8 Å². The lowest BCUT2D eigenvalue weighted by Gasteiger charge is -2.52. The molecule has 0 aliphatic heterocycles. The van der Waals surface area contributed by atoms with Gasteiger partial charge in [0.25, 0.3) is 0 Å². The molecule has 1 amide bonds. The smallest absolute Gasteiger partial charge is 0.417 e. The van der Waals surface area contributed by atoms with Gasteiger partial charge in [-0.05, 0) is 62.0 Å². The quantitative estimate of drug-likeness (QED) is 0.409. The van der Waals surface area contributed by atoms with E-state index in [4.69, 9.17) is 5.73 Å². The predicted molar refractivity (Wildman–Crippen MR) is 147 cm³/mol. The molecule has 1 aromatic rings. The fourth-order valence-electron chi connectivity index (χ4n) is 7.41. The molecule has 2 saturated carbocycles. The van der Waals surface area contributed by atoms with E-state index >= 15 is 0 Å². The Balaban J connectivity index is 1.88. The fourth-order valence-corrected chi connectivity index (χ4v) is 7.41. The molecule has 236 valence electrons. The number of alkyl halides is 3. The molecule has 43 heavy (non-hydrogen) atoms. The van der Waals surface area contributed by atoms with Crippen molar-refractivity contribution >= 4 is 29.0 Å². The van der Waals surface area contributed by atoms with Crippen LogP contribution in [0.1, 0.15) is 61.2 Å². The van der Waals surface area contributed by atoms with E-state index in [9.17, 15) is 47.4 Å². The molecule has 3 aliphatic rings. The van der Waals surface area contributed by atoms with Crippen molar-refractivity contribution in [1.82, 2.24) is 9.80 Å². The Hall–Kier alpha value is -3.16. The SMILES string of the molecule is CCN(Cc1cc(O)c2c(c1C(F)(F)F)C[C@H]1C[C@H]3[C@H](N(C)C)C(=O)C(C(N)=O)C(=O)[C@@]3(O)C(=O)C1C2=O)CC(C)(C)C. The van der Waals surface area contributed by atoms with Gasteiger partial charge in [0.05, 0.1) is 23.1 Å². The van der Waals surface area contributed by atoms with Gasteiger partial charge in [0.2, 0.25) is 5.91 Å². The Morgan fingerprint density at radius 2 is 1.72 bits per heavy atom. The van der Waals surface area contributed by atoms with Gasteiger partial charge in [-0.2, -0.15) is 13.2 Å². The van der Waals surface area contributed by atoms with Crippen LogP contribution >= 0.6 is 0 Å². The number of phenolic OH excluding ortho intramolecular Hbond substituents is 1. The number of amides is 1. The first-order valence-corrected chi connectivity index (χ1v) is 14.2. The summed E-state index contributed by atoms with van der Waals surface area (Å²) in [6.07, 6.45) is -5.72. The van der Waals surface area contributed by atoms with Crippen LogP contribution in [0.3, 0.4) is 0 Å². The maximum atomic E-state index is 14.7. The summed E-state index contributed by atoms with van der Waals surface area (Å²) in [6, 6.07) is -0.454. The third kappa shape index (κ3) is 5.29. The van der Waals surface area contributed by atoms with E-state index in [-0.39, 0.29) is 23.9 Å². The first kappa shape index (κ1) is 32.7. The van der Waals surface area contributed by atoms with E-state index in [0.29, 0.717) is 13.1 Å². The van der Waals surface area contributed by atoms with E-state index in [0.717, 1.165) is 6.07 Å². The third-order valence-electron chi connectivity index (χ3n) is 8.97. The summed E-state index contributed by atoms with van der Waals surface area (Å²) in [7, 11) is 2.86. The highest BCUT2D eigenvalue weighted by Gasteiger charge is 2.69. The topological polar surface area (TPSA) is 158 Å². The molecule has 0 saturated heterocycles. The van der Waals surface area contributed by atoms with Crippen LogP contribution < -0.4 is 5.73 Å². The Bertz CT molecular complexity index is 1400. The number of fused-ring (bicyclic) bond motifs is 3. The van der Waals surface area contributed by atoms with Crippen molar-refractivity contribution < 1.29 is 47.4 Å². The summed E-state index contributed by atoms with van der Waals surface area (Å²) in [6.45, 7) is 8.35. The molecule has 10 nitrogen and oxygen atoms in total. The van der Waals surface area contributed by atoms with Gasteiger partial charge in [-0.3, -0.25) is 33.8 Å². The Morgan fingerprint density at radius 3 is 2.21 bits per heavy atom. The number of nitrogens with two attached hydrogens (primary N) is 1. The molecule has 0 aromatic heterocycles. The minimum atomic E-state index is -4.92. The maximum absolute atomic E-state index is 14.7. The number of carbonyl (C=O) groups excluding carboxylic acids is 5. The van der Waals surface area contributed by atoms with Crippen molar-refractivity contribution in [2.75, 3.05) is 27.2 Å². The number of ketones is 4. The molecule has 0 spiro atoms. The molecule has 2 unspecified atom stereocenters. The van der Waals surface area contributed by atoms with Crippen molar-refractivity contribution in [3.05, 3.63) is 28.3 Å². The number of benzene rings is 1. The third-order valence-corrected chi connectivity index (χ3v) is 8.97.